The van der Waals surface area contributed by atoms with E-state index < -0.39 is 0 Å². The van der Waals surface area contributed by atoms with E-state index in [9.17, 15) is 0 Å². The topological polar surface area (TPSA) is 36.3 Å². The molecule has 3 heteroatoms. The van der Waals surface area contributed by atoms with E-state index in [1.165, 1.54) is 5.56 Å². The SMILES string of the molecule is COc1c(C)cc(CN(C)Cc2cccc(C#N)c2)cc1C. The zero-order valence-corrected chi connectivity index (χ0v) is 13.7. The van der Waals surface area contributed by atoms with Crippen molar-refractivity contribution in [1.29, 1.82) is 5.26 Å². The van der Waals surface area contributed by atoms with Crippen LogP contribution in [0.5, 0.6) is 5.75 Å². The zero-order valence-electron chi connectivity index (χ0n) is 13.7. The van der Waals surface area contributed by atoms with Crippen LogP contribution in [0.1, 0.15) is 27.8 Å². The van der Waals surface area contributed by atoms with Crippen LogP contribution in [0.4, 0.5) is 0 Å². The van der Waals surface area contributed by atoms with Gasteiger partial charge in [-0.15, -0.1) is 0 Å². The number of rotatable bonds is 5. The van der Waals surface area contributed by atoms with E-state index >= 15 is 0 Å². The summed E-state index contributed by atoms with van der Waals surface area (Å²) in [6.45, 7) is 5.83. The Balaban J connectivity index is 2.09. The number of benzene rings is 2. The van der Waals surface area contributed by atoms with Gasteiger partial charge in [-0.1, -0.05) is 24.3 Å². The maximum Gasteiger partial charge on any atom is 0.124 e. The summed E-state index contributed by atoms with van der Waals surface area (Å²) in [7, 11) is 3.80. The van der Waals surface area contributed by atoms with Gasteiger partial charge < -0.3 is 4.74 Å². The summed E-state index contributed by atoms with van der Waals surface area (Å²) in [5.74, 6) is 0.966. The molecule has 0 unspecified atom stereocenters. The number of hydrogen-bond acceptors (Lipinski definition) is 3. The summed E-state index contributed by atoms with van der Waals surface area (Å²) < 4.78 is 5.41. The molecule has 0 heterocycles. The maximum atomic E-state index is 8.97. The van der Waals surface area contributed by atoms with Crippen LogP contribution in [0, 0.1) is 25.2 Å². The van der Waals surface area contributed by atoms with Crippen molar-refractivity contribution in [3.8, 4) is 11.8 Å². The third kappa shape index (κ3) is 3.87. The average Bonchev–Trinajstić information content (AvgIpc) is 2.47. The quantitative estimate of drug-likeness (QED) is 0.841. The van der Waals surface area contributed by atoms with Gasteiger partial charge in [0.25, 0.3) is 0 Å². The van der Waals surface area contributed by atoms with Crippen molar-refractivity contribution in [2.75, 3.05) is 14.2 Å². The monoisotopic (exact) mass is 294 g/mol. The number of aryl methyl sites for hydroxylation is 2. The van der Waals surface area contributed by atoms with Crippen LogP contribution in [-0.2, 0) is 13.1 Å². The van der Waals surface area contributed by atoms with Crippen LogP contribution >= 0.6 is 0 Å². The first kappa shape index (κ1) is 16.1. The van der Waals surface area contributed by atoms with Crippen LogP contribution in [0.2, 0.25) is 0 Å². The van der Waals surface area contributed by atoms with Crippen LogP contribution in [0.15, 0.2) is 36.4 Å². The molecule has 0 aromatic heterocycles. The van der Waals surface area contributed by atoms with Gasteiger partial charge in [0.15, 0.2) is 0 Å². The molecule has 0 saturated carbocycles. The Hall–Kier alpha value is -2.31. The predicted molar refractivity (Wildman–Crippen MR) is 88.8 cm³/mol. The molecular weight excluding hydrogens is 272 g/mol. The minimum atomic E-state index is 0.710. The molecule has 2 aromatic rings. The molecule has 0 N–H and O–H groups in total. The van der Waals surface area contributed by atoms with Gasteiger partial charge in [0.1, 0.15) is 5.75 Å². The maximum absolute atomic E-state index is 8.97. The summed E-state index contributed by atoms with van der Waals surface area (Å²) in [5.41, 5.74) is 5.47. The van der Waals surface area contributed by atoms with Crippen molar-refractivity contribution in [2.45, 2.75) is 26.9 Å². The van der Waals surface area contributed by atoms with Crippen LogP contribution in [0.25, 0.3) is 0 Å². The molecule has 0 radical (unpaired) electrons. The summed E-state index contributed by atoms with van der Waals surface area (Å²) >= 11 is 0. The fourth-order valence-corrected chi connectivity index (χ4v) is 2.87. The number of nitriles is 1. The Morgan fingerprint density at radius 3 is 2.27 bits per heavy atom. The molecule has 114 valence electrons. The van der Waals surface area contributed by atoms with Crippen molar-refractivity contribution >= 4 is 0 Å². The summed E-state index contributed by atoms with van der Waals surface area (Å²) in [6.07, 6.45) is 0. The summed E-state index contributed by atoms with van der Waals surface area (Å²) in [6, 6.07) is 14.3. The second kappa shape index (κ2) is 7.11. The van der Waals surface area contributed by atoms with Crippen molar-refractivity contribution in [2.24, 2.45) is 0 Å². The highest BCUT2D eigenvalue weighted by molar-refractivity contribution is 5.43. The van der Waals surface area contributed by atoms with Gasteiger partial charge in [-0.2, -0.15) is 5.26 Å². The number of ether oxygens (including phenoxy) is 1. The van der Waals surface area contributed by atoms with Gasteiger partial charge >= 0.3 is 0 Å². The highest BCUT2D eigenvalue weighted by Gasteiger charge is 2.08. The first-order valence-electron chi connectivity index (χ1n) is 7.35. The molecule has 0 aliphatic carbocycles. The van der Waals surface area contributed by atoms with Gasteiger partial charge in [0, 0.05) is 13.1 Å². The molecule has 0 amide bonds. The standard InChI is InChI=1S/C19H22N2O/c1-14-8-18(9-15(2)19(14)22-4)13-21(3)12-17-7-5-6-16(10-17)11-20/h5-10H,12-13H2,1-4H3. The molecule has 0 aliphatic heterocycles. The minimum absolute atomic E-state index is 0.710. The van der Waals surface area contributed by atoms with E-state index in [4.69, 9.17) is 10.00 Å². The van der Waals surface area contributed by atoms with Gasteiger partial charge in [0.2, 0.25) is 0 Å². The second-order valence-electron chi connectivity index (χ2n) is 5.75. The Morgan fingerprint density at radius 1 is 1.05 bits per heavy atom. The van der Waals surface area contributed by atoms with Crippen LogP contribution in [-0.4, -0.2) is 19.1 Å². The highest BCUT2D eigenvalue weighted by atomic mass is 16.5. The first-order valence-corrected chi connectivity index (χ1v) is 7.35. The fraction of sp³-hybridized carbons (Fsp3) is 0.316. The fourth-order valence-electron chi connectivity index (χ4n) is 2.87. The minimum Gasteiger partial charge on any atom is -0.496 e. The molecule has 3 nitrogen and oxygen atoms in total. The molecule has 0 saturated heterocycles. The Kier molecular flexibility index (Phi) is 5.19. The van der Waals surface area contributed by atoms with Gasteiger partial charge in [-0.05, 0) is 55.3 Å². The predicted octanol–water partition coefficient (Wildman–Crippen LogP) is 3.82. The smallest absolute Gasteiger partial charge is 0.124 e. The first-order chi connectivity index (χ1) is 10.5. The Morgan fingerprint density at radius 2 is 1.68 bits per heavy atom. The molecular formula is C19H22N2O. The lowest BCUT2D eigenvalue weighted by Crippen LogP contribution is -2.17. The van der Waals surface area contributed by atoms with E-state index in [1.54, 1.807) is 7.11 Å². The number of methoxy groups -OCH3 is 1. The van der Waals surface area contributed by atoms with E-state index in [2.05, 4.69) is 50.1 Å². The molecule has 0 bridgehead atoms. The molecule has 0 atom stereocenters. The van der Waals surface area contributed by atoms with Crippen molar-refractivity contribution in [3.63, 3.8) is 0 Å². The van der Waals surface area contributed by atoms with Crippen molar-refractivity contribution in [3.05, 3.63) is 64.2 Å². The van der Waals surface area contributed by atoms with Crippen LogP contribution in [0.3, 0.4) is 0 Å². The number of hydrogen-bond donors (Lipinski definition) is 0. The number of nitrogens with zero attached hydrogens (tertiary/aromatic N) is 2. The third-order valence-electron chi connectivity index (χ3n) is 3.69. The molecule has 2 aromatic carbocycles. The van der Waals surface area contributed by atoms with Crippen LogP contribution < -0.4 is 4.74 Å². The second-order valence-corrected chi connectivity index (χ2v) is 5.75. The largest absolute Gasteiger partial charge is 0.496 e. The third-order valence-corrected chi connectivity index (χ3v) is 3.69. The zero-order chi connectivity index (χ0) is 16.1. The molecule has 0 spiro atoms. The van der Waals surface area contributed by atoms with Gasteiger partial charge in [0.05, 0.1) is 18.7 Å². The van der Waals surface area contributed by atoms with E-state index in [0.717, 1.165) is 35.5 Å². The van der Waals surface area contributed by atoms with Crippen molar-refractivity contribution < 1.29 is 4.74 Å². The average molecular weight is 294 g/mol. The Labute approximate surface area is 132 Å². The molecule has 0 fully saturated rings. The molecule has 2 rings (SSSR count). The lowest BCUT2D eigenvalue weighted by molar-refractivity contribution is 0.318. The summed E-state index contributed by atoms with van der Waals surface area (Å²) in [4.78, 5) is 2.25. The van der Waals surface area contributed by atoms with E-state index in [1.807, 2.05) is 18.2 Å². The molecule has 0 aliphatic rings. The van der Waals surface area contributed by atoms with Gasteiger partial charge in [-0.25, -0.2) is 0 Å². The lowest BCUT2D eigenvalue weighted by atomic mass is 10.0. The van der Waals surface area contributed by atoms with E-state index in [-0.39, 0.29) is 0 Å². The highest BCUT2D eigenvalue weighted by Crippen LogP contribution is 2.25. The van der Waals surface area contributed by atoms with Gasteiger partial charge in [-0.3, -0.25) is 4.90 Å². The lowest BCUT2D eigenvalue weighted by Gasteiger charge is -2.19. The normalized spacial score (nSPS) is 10.5. The summed E-state index contributed by atoms with van der Waals surface area (Å²) in [5, 5.41) is 8.97. The van der Waals surface area contributed by atoms with E-state index in [0.29, 0.717) is 5.56 Å². The van der Waals surface area contributed by atoms with Crippen molar-refractivity contribution in [1.82, 2.24) is 4.90 Å². The molecule has 22 heavy (non-hydrogen) atoms. The Bertz CT molecular complexity index is 678.